The van der Waals surface area contributed by atoms with Gasteiger partial charge in [0.25, 0.3) is 0 Å². The second kappa shape index (κ2) is 20.7. The van der Waals surface area contributed by atoms with Crippen LogP contribution in [0.25, 0.3) is 0 Å². The molecule has 0 saturated carbocycles. The first kappa shape index (κ1) is 36.8. The van der Waals surface area contributed by atoms with E-state index >= 15 is 0 Å². The van der Waals surface area contributed by atoms with Crippen molar-refractivity contribution in [3.05, 3.63) is 0 Å². The predicted molar refractivity (Wildman–Crippen MR) is 144 cm³/mol. The average molecular weight is 578 g/mol. The number of hydrogen-bond donors (Lipinski definition) is 6. The Morgan fingerprint density at radius 3 is 1.93 bits per heavy atom. The monoisotopic (exact) mass is 577 g/mol. The van der Waals surface area contributed by atoms with Gasteiger partial charge in [-0.3, -0.25) is 9.59 Å². The molecule has 0 radical (unpaired) electrons. The Morgan fingerprint density at radius 2 is 1.40 bits per heavy atom. The summed E-state index contributed by atoms with van der Waals surface area (Å²) in [5, 5.41) is 19.4. The highest BCUT2D eigenvalue weighted by molar-refractivity contribution is 5.90. The van der Waals surface area contributed by atoms with E-state index in [-0.39, 0.29) is 38.5 Å². The van der Waals surface area contributed by atoms with E-state index in [1.165, 1.54) is 0 Å². The molecule has 0 aliphatic heterocycles. The van der Waals surface area contributed by atoms with Gasteiger partial charge in [0, 0.05) is 19.5 Å². The molecule has 0 aromatic heterocycles. The number of ether oxygens (including phenoxy) is 4. The molecule has 15 nitrogen and oxygen atoms in total. The van der Waals surface area contributed by atoms with E-state index in [0.29, 0.717) is 39.4 Å². The second-order valence-corrected chi connectivity index (χ2v) is 10.1. The summed E-state index contributed by atoms with van der Waals surface area (Å²) in [5.74, 6) is -2.55. The minimum Gasteiger partial charge on any atom is -0.480 e. The van der Waals surface area contributed by atoms with Crippen molar-refractivity contribution in [3.63, 3.8) is 0 Å². The summed E-state index contributed by atoms with van der Waals surface area (Å²) in [6.45, 7) is 10.9. The Hall–Kier alpha value is -3.17. The Bertz CT molecular complexity index is 788. The van der Waals surface area contributed by atoms with Crippen molar-refractivity contribution in [1.82, 2.24) is 21.3 Å². The Morgan fingerprint density at radius 1 is 0.825 bits per heavy atom. The largest absolute Gasteiger partial charge is 0.480 e. The first-order chi connectivity index (χ1) is 18.7. The van der Waals surface area contributed by atoms with E-state index in [0.717, 1.165) is 0 Å². The van der Waals surface area contributed by atoms with Crippen LogP contribution in [0.4, 0.5) is 9.59 Å². The van der Waals surface area contributed by atoms with E-state index in [1.54, 1.807) is 34.6 Å². The third-order valence-electron chi connectivity index (χ3n) is 4.98. The van der Waals surface area contributed by atoms with E-state index in [2.05, 4.69) is 21.3 Å². The molecule has 15 heteroatoms. The lowest BCUT2D eigenvalue weighted by atomic mass is 10.0. The minimum atomic E-state index is -1.22. The topological polar surface area (TPSA) is 217 Å². The second-order valence-electron chi connectivity index (χ2n) is 10.1. The van der Waals surface area contributed by atoms with Crippen molar-refractivity contribution < 1.29 is 48.0 Å². The van der Waals surface area contributed by atoms with Gasteiger partial charge in [-0.15, -0.1) is 0 Å². The molecule has 0 spiro atoms. The van der Waals surface area contributed by atoms with Crippen molar-refractivity contribution >= 4 is 29.9 Å². The molecule has 0 saturated heterocycles. The third kappa shape index (κ3) is 20.7. The average Bonchev–Trinajstić information content (AvgIpc) is 2.83. The quantitative estimate of drug-likeness (QED) is 0.101. The van der Waals surface area contributed by atoms with E-state index < -0.39 is 47.6 Å². The molecule has 0 bridgehead atoms. The lowest BCUT2D eigenvalue weighted by molar-refractivity contribution is -0.142. The van der Waals surface area contributed by atoms with Crippen LogP contribution in [0.15, 0.2) is 0 Å². The number of urea groups is 1. The van der Waals surface area contributed by atoms with Gasteiger partial charge in [0.15, 0.2) is 0 Å². The number of aliphatic carboxylic acids is 1. The fourth-order valence-electron chi connectivity index (χ4n) is 3.06. The molecule has 0 aliphatic rings. The Kier molecular flexibility index (Phi) is 19.1. The van der Waals surface area contributed by atoms with Crippen LogP contribution in [0, 0.1) is 5.92 Å². The minimum absolute atomic E-state index is 0.00536. The van der Waals surface area contributed by atoms with Crippen molar-refractivity contribution in [2.45, 2.75) is 71.6 Å². The highest BCUT2D eigenvalue weighted by atomic mass is 16.6. The summed E-state index contributed by atoms with van der Waals surface area (Å²) in [6, 6.07) is -2.83. The van der Waals surface area contributed by atoms with Gasteiger partial charge in [-0.1, -0.05) is 13.8 Å². The molecule has 0 unspecified atom stereocenters. The third-order valence-corrected chi connectivity index (χ3v) is 4.98. The molecule has 2 atom stereocenters. The fraction of sp³-hybridized carbons (Fsp3) is 0.800. The molecule has 0 aromatic carbocycles. The van der Waals surface area contributed by atoms with Crippen molar-refractivity contribution in [2.75, 3.05) is 52.7 Å². The maximum absolute atomic E-state index is 12.7. The molecule has 0 heterocycles. The zero-order valence-electron chi connectivity index (χ0n) is 24.2. The van der Waals surface area contributed by atoms with Gasteiger partial charge in [-0.25, -0.2) is 14.4 Å². The summed E-state index contributed by atoms with van der Waals surface area (Å²) in [4.78, 5) is 58.7. The standard InChI is InChI=1S/C25H47N5O10/c1-17(2)20(21(32)29-18(22(33)34)7-6-9-27-23(26)35)30-19(31)8-11-37-13-15-39-16-14-38-12-10-28-24(36)40-25(3,4)5/h17-18,20H,6-16H2,1-5H3,(H,28,36)(H,29,32)(H,30,31)(H,33,34)(H3,26,27,35)/t18-,20-/m0/s1. The number of nitrogens with two attached hydrogens (primary N) is 1. The van der Waals surface area contributed by atoms with Crippen molar-refractivity contribution in [3.8, 4) is 0 Å². The first-order valence-corrected chi connectivity index (χ1v) is 13.3. The number of carboxylic acid groups (broad SMARTS) is 1. The predicted octanol–water partition coefficient (Wildman–Crippen LogP) is 0.110. The van der Waals surface area contributed by atoms with Gasteiger partial charge in [0.05, 0.1) is 39.6 Å². The van der Waals surface area contributed by atoms with Gasteiger partial charge in [-0.2, -0.15) is 0 Å². The van der Waals surface area contributed by atoms with Gasteiger partial charge in [0.1, 0.15) is 17.7 Å². The Balaban J connectivity index is 4.07. The first-order valence-electron chi connectivity index (χ1n) is 13.3. The highest BCUT2D eigenvalue weighted by Gasteiger charge is 2.28. The Labute approximate surface area is 235 Å². The van der Waals surface area contributed by atoms with E-state index in [4.69, 9.17) is 24.7 Å². The highest BCUT2D eigenvalue weighted by Crippen LogP contribution is 2.06. The number of primary amides is 1. The number of amides is 5. The summed E-state index contributed by atoms with van der Waals surface area (Å²) in [6.07, 6.45) is -0.129. The SMILES string of the molecule is CC(C)[C@H](NC(=O)CCOCCOCCOCCNC(=O)OC(C)(C)C)C(=O)N[C@@H](CCCNC(N)=O)C(=O)O. The normalized spacial score (nSPS) is 12.8. The van der Waals surface area contributed by atoms with E-state index in [9.17, 15) is 29.1 Å². The van der Waals surface area contributed by atoms with Gasteiger partial charge >= 0.3 is 18.1 Å². The number of carbonyl (C=O) groups excluding carboxylic acids is 4. The van der Waals surface area contributed by atoms with Gasteiger partial charge in [-0.05, 0) is 39.5 Å². The van der Waals surface area contributed by atoms with Crippen molar-refractivity contribution in [1.29, 1.82) is 0 Å². The number of carboxylic acids is 1. The maximum atomic E-state index is 12.7. The van der Waals surface area contributed by atoms with Gasteiger partial charge < -0.3 is 51.1 Å². The molecule has 0 rings (SSSR count). The van der Waals surface area contributed by atoms with Crippen LogP contribution < -0.4 is 27.0 Å². The molecule has 5 amide bonds. The summed E-state index contributed by atoms with van der Waals surface area (Å²) >= 11 is 0. The zero-order valence-corrected chi connectivity index (χ0v) is 24.2. The van der Waals surface area contributed by atoms with Crippen LogP contribution >= 0.6 is 0 Å². The molecular weight excluding hydrogens is 530 g/mol. The summed E-state index contributed by atoms with van der Waals surface area (Å²) in [7, 11) is 0. The summed E-state index contributed by atoms with van der Waals surface area (Å²) in [5.41, 5.74) is 4.41. The summed E-state index contributed by atoms with van der Waals surface area (Å²) < 4.78 is 21.2. The maximum Gasteiger partial charge on any atom is 0.407 e. The number of nitrogens with one attached hydrogen (secondary N) is 4. The molecule has 232 valence electrons. The lowest BCUT2D eigenvalue weighted by Gasteiger charge is -2.24. The molecule has 7 N–H and O–H groups in total. The number of alkyl carbamates (subject to hydrolysis) is 1. The molecule has 0 aliphatic carbocycles. The molecule has 40 heavy (non-hydrogen) atoms. The molecule has 0 fully saturated rings. The lowest BCUT2D eigenvalue weighted by Crippen LogP contribution is -2.53. The van der Waals surface area contributed by atoms with Crippen LogP contribution in [0.5, 0.6) is 0 Å². The fourth-order valence-corrected chi connectivity index (χ4v) is 3.06. The van der Waals surface area contributed by atoms with Crippen LogP contribution in [-0.2, 0) is 33.3 Å². The van der Waals surface area contributed by atoms with Crippen LogP contribution in [0.2, 0.25) is 0 Å². The molecule has 0 aromatic rings. The van der Waals surface area contributed by atoms with Gasteiger partial charge in [0.2, 0.25) is 11.8 Å². The van der Waals surface area contributed by atoms with Crippen LogP contribution in [0.1, 0.15) is 53.9 Å². The number of rotatable bonds is 21. The smallest absolute Gasteiger partial charge is 0.407 e. The number of hydrogen-bond acceptors (Lipinski definition) is 9. The van der Waals surface area contributed by atoms with Crippen LogP contribution in [-0.4, -0.2) is 105 Å². The van der Waals surface area contributed by atoms with Crippen molar-refractivity contribution in [2.24, 2.45) is 11.7 Å². The van der Waals surface area contributed by atoms with Crippen LogP contribution in [0.3, 0.4) is 0 Å². The zero-order chi connectivity index (χ0) is 30.6. The molecular formula is C25H47N5O10. The van der Waals surface area contributed by atoms with E-state index in [1.807, 2.05) is 0 Å². The number of carbonyl (C=O) groups is 5.